The number of rotatable bonds is 10. The number of thioether (sulfide) groups is 1. The van der Waals surface area contributed by atoms with E-state index < -0.39 is 17.5 Å². The van der Waals surface area contributed by atoms with E-state index in [9.17, 15) is 13.2 Å². The van der Waals surface area contributed by atoms with Gasteiger partial charge in [0.1, 0.15) is 21.4 Å². The summed E-state index contributed by atoms with van der Waals surface area (Å²) in [5.41, 5.74) is 10.8. The number of aliphatic imine (C=N–C) groups is 4. The second-order valence-electron chi connectivity index (χ2n) is 17.4. The van der Waals surface area contributed by atoms with E-state index in [0.29, 0.717) is 114 Å². The number of hydrogen-bond acceptors (Lipinski definition) is 12. The van der Waals surface area contributed by atoms with Crippen LogP contribution < -0.4 is 24.8 Å². The summed E-state index contributed by atoms with van der Waals surface area (Å²) in [4.78, 5) is 21.6. The highest BCUT2D eigenvalue weighted by atomic mass is 35.5. The number of allylic oxidation sites excluding steroid dienone is 1. The molecule has 10 rings (SSSR count). The minimum atomic E-state index is -0.456. The van der Waals surface area contributed by atoms with Crippen LogP contribution in [-0.2, 0) is 0 Å². The second kappa shape index (κ2) is 25.5. The monoisotopic (exact) mass is 1150 g/mol. The molecule has 4 heterocycles. The van der Waals surface area contributed by atoms with Crippen LogP contribution in [0.2, 0.25) is 15.1 Å². The number of aryl methyl sites for hydroxylation is 1. The van der Waals surface area contributed by atoms with Gasteiger partial charge in [0.15, 0.2) is 40.5 Å². The van der Waals surface area contributed by atoms with Crippen molar-refractivity contribution in [3.63, 3.8) is 0 Å². The Hall–Kier alpha value is -7.15. The predicted molar refractivity (Wildman–Crippen MR) is 318 cm³/mol. The summed E-state index contributed by atoms with van der Waals surface area (Å²) in [6, 6.07) is 31.2. The Labute approximate surface area is 475 Å². The van der Waals surface area contributed by atoms with Crippen molar-refractivity contribution >= 4 is 115 Å². The Balaban J connectivity index is 0.000000155. The number of nitrogens with zero attached hydrogens (tertiary/aromatic N) is 6. The zero-order chi connectivity index (χ0) is 55.8. The van der Waals surface area contributed by atoms with Crippen molar-refractivity contribution < 1.29 is 27.4 Å². The van der Waals surface area contributed by atoms with Crippen molar-refractivity contribution in [3.8, 4) is 17.2 Å². The maximum atomic E-state index is 14.8. The van der Waals surface area contributed by atoms with Gasteiger partial charge in [-0.1, -0.05) is 102 Å². The molecule has 3 aliphatic rings. The number of ether oxygens (including phenoxy) is 3. The van der Waals surface area contributed by atoms with E-state index in [1.807, 2.05) is 108 Å². The Morgan fingerprint density at radius 1 is 0.628 bits per heavy atom. The zero-order valence-corrected chi connectivity index (χ0v) is 47.6. The first-order valence-corrected chi connectivity index (χ1v) is 27.3. The number of H-pyrrole nitrogens is 1. The van der Waals surface area contributed by atoms with Crippen molar-refractivity contribution in [2.45, 2.75) is 34.6 Å². The van der Waals surface area contributed by atoms with Gasteiger partial charge in [-0.25, -0.2) is 28.1 Å². The van der Waals surface area contributed by atoms with E-state index in [1.165, 1.54) is 30.0 Å². The van der Waals surface area contributed by atoms with E-state index in [1.54, 1.807) is 43.3 Å². The van der Waals surface area contributed by atoms with E-state index in [2.05, 4.69) is 25.8 Å². The number of aromatic amines is 1. The Morgan fingerprint density at radius 3 is 1.59 bits per heavy atom. The van der Waals surface area contributed by atoms with Crippen LogP contribution >= 0.6 is 58.8 Å². The van der Waals surface area contributed by atoms with Crippen LogP contribution in [0.5, 0.6) is 17.2 Å². The molecule has 12 nitrogen and oxygen atoms in total. The summed E-state index contributed by atoms with van der Waals surface area (Å²) in [6.45, 7) is 10.7. The van der Waals surface area contributed by atoms with Crippen LogP contribution in [0.1, 0.15) is 66.8 Å². The molecule has 6 aromatic carbocycles. The first-order chi connectivity index (χ1) is 37.5. The number of hydrogen-bond donors (Lipinski definition) is 3. The van der Waals surface area contributed by atoms with E-state index >= 15 is 0 Å². The average Bonchev–Trinajstić information content (AvgIpc) is 3.52. The van der Waals surface area contributed by atoms with Gasteiger partial charge in [0.2, 0.25) is 0 Å². The highest BCUT2D eigenvalue weighted by Crippen LogP contribution is 2.41. The molecular weight excluding hydrogens is 1100 g/mol. The highest BCUT2D eigenvalue weighted by molar-refractivity contribution is 8.13. The molecule has 20 heteroatoms. The lowest BCUT2D eigenvalue weighted by molar-refractivity contribution is 0.321. The number of anilines is 3. The molecule has 7 aromatic rings. The number of fused-ring (bicyclic) bond motifs is 4. The predicted octanol–water partition coefficient (Wildman–Crippen LogP) is 15.5. The van der Waals surface area contributed by atoms with E-state index in [-0.39, 0.29) is 17.2 Å². The van der Waals surface area contributed by atoms with Gasteiger partial charge >= 0.3 is 0 Å². The molecule has 0 bridgehead atoms. The van der Waals surface area contributed by atoms with Gasteiger partial charge in [0.25, 0.3) is 0 Å². The lowest BCUT2D eigenvalue weighted by Gasteiger charge is -2.17. The normalized spacial score (nSPS) is 13.8. The maximum absolute atomic E-state index is 14.8. The van der Waals surface area contributed by atoms with Crippen molar-refractivity contribution in [2.75, 3.05) is 57.4 Å². The topological polar surface area (TPSA) is 133 Å². The molecule has 0 radical (unpaired) electrons. The number of benzene rings is 6. The Kier molecular flexibility index (Phi) is 18.7. The molecule has 1 aromatic heterocycles. The lowest BCUT2D eigenvalue weighted by atomic mass is 10.00. The number of nitrogens with one attached hydrogen (secondary N) is 3. The number of aromatic nitrogens is 2. The molecule has 0 saturated heterocycles. The van der Waals surface area contributed by atoms with Crippen molar-refractivity contribution in [1.82, 2.24) is 15.1 Å². The molecule has 402 valence electrons. The summed E-state index contributed by atoms with van der Waals surface area (Å²) in [7, 11) is 3.91. The molecule has 3 N–H and O–H groups in total. The molecule has 3 aliphatic heterocycles. The molecule has 0 fully saturated rings. The third-order valence-electron chi connectivity index (χ3n) is 12.1. The summed E-state index contributed by atoms with van der Waals surface area (Å²) in [6.07, 6.45) is 1.95. The minimum Gasteiger partial charge on any atom is -0.491 e. The summed E-state index contributed by atoms with van der Waals surface area (Å²) < 4.78 is 59.8. The third kappa shape index (κ3) is 12.6. The summed E-state index contributed by atoms with van der Waals surface area (Å²) >= 11 is 25.9. The highest BCUT2D eigenvalue weighted by Gasteiger charge is 2.27. The van der Waals surface area contributed by atoms with E-state index in [4.69, 9.17) is 76.2 Å². The van der Waals surface area contributed by atoms with Gasteiger partial charge < -0.3 is 29.7 Å². The molecule has 78 heavy (non-hydrogen) atoms. The molecular formula is C58H53Cl3F3N9O3S2. The van der Waals surface area contributed by atoms with Crippen molar-refractivity contribution in [2.24, 2.45) is 20.0 Å². The third-order valence-corrected chi connectivity index (χ3v) is 14.0. The molecule has 0 unspecified atom stereocenters. The van der Waals surface area contributed by atoms with Crippen LogP contribution in [0.3, 0.4) is 0 Å². The van der Waals surface area contributed by atoms with Crippen LogP contribution in [0, 0.1) is 24.4 Å². The van der Waals surface area contributed by atoms with Crippen molar-refractivity contribution in [1.29, 1.82) is 0 Å². The fourth-order valence-corrected chi connectivity index (χ4v) is 9.70. The molecule has 0 spiro atoms. The smallest absolute Gasteiger partial charge is 0.178 e. The first kappa shape index (κ1) is 57.0. The van der Waals surface area contributed by atoms with Gasteiger partial charge in [-0.15, -0.1) is 11.8 Å². The minimum absolute atomic E-state index is 0.172. The fourth-order valence-electron chi connectivity index (χ4n) is 8.27. The van der Waals surface area contributed by atoms with Crippen LogP contribution in [-0.4, -0.2) is 89.0 Å². The number of benzodiazepines with no additional fused rings is 1. The largest absolute Gasteiger partial charge is 0.491 e. The standard InChI is InChI=1S/C22H23ClFN3OS.C19H16ClFN4O.C17H14ClFN2OS/c1-6-28-19-12-18-15(11-17(19)24)21(14-9-7-8-10-16(14)23)26-20(13(2)27(3)4)22(25-18)29-5;1-3-26-16-9-15-12(8-14(16)21)18(11-6-4-5-7-13(11)20)23-17-10(2)24-25-19(17)22-15;1-2-22-15-8-14-11(7-13(15)19)17(20-9-16(23)21-14)10-5-3-4-6-12(10)18/h7-12H,6H2,1-5H3;4-9H,3H2,1-2H3,(H2,22,24,25);3-8H,2,9H2,1H3,(H,21,23). The maximum Gasteiger partial charge on any atom is 0.178 e. The number of thiocarbonyl (C=S) groups is 1. The zero-order valence-electron chi connectivity index (χ0n) is 43.7. The van der Waals surface area contributed by atoms with Gasteiger partial charge in [0, 0.05) is 86.4 Å². The van der Waals surface area contributed by atoms with Crippen LogP contribution in [0.4, 0.5) is 41.7 Å². The average molecular weight is 1150 g/mol. The molecule has 0 amide bonds. The molecule has 0 atom stereocenters. The molecule has 0 aliphatic carbocycles. The van der Waals surface area contributed by atoms with Gasteiger partial charge in [0.05, 0.1) is 66.3 Å². The Bertz CT molecular complexity index is 3600. The Morgan fingerprint density at radius 2 is 1.09 bits per heavy atom. The second-order valence-corrected chi connectivity index (χ2v) is 20.0. The van der Waals surface area contributed by atoms with E-state index in [0.717, 1.165) is 33.3 Å². The quantitative estimate of drug-likeness (QED) is 0.114. The van der Waals surface area contributed by atoms with Crippen molar-refractivity contribution in [3.05, 3.63) is 192 Å². The SMILES string of the molecule is CCOc1cc2c(cc1F)C(c1ccccc1Cl)=NC(=C(C)N(C)C)C(SC)=N2.CCOc1cc2c(cc1F)C(c1ccccc1Cl)=NCC(=S)N2.CCOc1cc2c(cc1F)C(c1ccccc1Cl)=Nc1c(n[nH]c1C)N2. The van der Waals surface area contributed by atoms with Crippen LogP contribution in [0.25, 0.3) is 0 Å². The lowest BCUT2D eigenvalue weighted by Crippen LogP contribution is -2.14. The summed E-state index contributed by atoms with van der Waals surface area (Å²) in [5, 5.41) is 15.9. The van der Waals surface area contributed by atoms with Gasteiger partial charge in [-0.3, -0.25) is 10.1 Å². The van der Waals surface area contributed by atoms with Gasteiger partial charge in [-0.2, -0.15) is 5.10 Å². The first-order valence-electron chi connectivity index (χ1n) is 24.5. The number of halogens is 6. The molecule has 0 saturated carbocycles. The van der Waals surface area contributed by atoms with Crippen LogP contribution in [0.15, 0.2) is 141 Å². The fraction of sp³-hybridized carbons (Fsp3) is 0.207. The summed E-state index contributed by atoms with van der Waals surface area (Å²) in [5.74, 6) is -0.256. The van der Waals surface area contributed by atoms with Gasteiger partial charge in [-0.05, 0) is 77.3 Å².